The van der Waals surface area contributed by atoms with Gasteiger partial charge in [-0.05, 0) is 17.4 Å². The van der Waals surface area contributed by atoms with Crippen LogP contribution in [0.25, 0.3) is 0 Å². The largest absolute Gasteiger partial charge is 0.481 e. The molecule has 2 atom stereocenters. The van der Waals surface area contributed by atoms with E-state index < -0.39 is 12.0 Å². The van der Waals surface area contributed by atoms with Crippen LogP contribution in [-0.4, -0.2) is 17.0 Å². The van der Waals surface area contributed by atoms with Gasteiger partial charge in [0.15, 0.2) is 0 Å². The maximum Gasteiger partial charge on any atom is 0.305 e. The number of carboxylic acids is 1. The normalized spacial score (nSPS) is 21.5. The third kappa shape index (κ3) is 3.34. The molecule has 1 aliphatic carbocycles. The summed E-state index contributed by atoms with van der Waals surface area (Å²) in [6.45, 7) is 4.10. The predicted octanol–water partition coefficient (Wildman–Crippen LogP) is 2.36. The monoisotopic (exact) mass is 261 g/mol. The topological polar surface area (TPSA) is 66.4 Å². The summed E-state index contributed by atoms with van der Waals surface area (Å²) in [6, 6.07) is 8.78. The molecule has 1 saturated carbocycles. The van der Waals surface area contributed by atoms with Gasteiger partial charge >= 0.3 is 5.97 Å². The number of hydrogen-bond donors (Lipinski definition) is 2. The van der Waals surface area contributed by atoms with E-state index in [9.17, 15) is 9.59 Å². The molecule has 0 saturated heterocycles. The molecule has 1 amide bonds. The highest BCUT2D eigenvalue weighted by Crippen LogP contribution is 2.51. The fraction of sp³-hybridized carbons (Fsp3) is 0.467. The lowest BCUT2D eigenvalue weighted by molar-refractivity contribution is -0.137. The third-order valence-electron chi connectivity index (χ3n) is 3.73. The van der Waals surface area contributed by atoms with Gasteiger partial charge in [-0.15, -0.1) is 0 Å². The number of aliphatic carboxylic acids is 1. The lowest BCUT2D eigenvalue weighted by atomic mass is 10.0. The van der Waals surface area contributed by atoms with Crippen molar-refractivity contribution in [2.45, 2.75) is 32.7 Å². The van der Waals surface area contributed by atoms with Crippen molar-refractivity contribution in [2.75, 3.05) is 0 Å². The third-order valence-corrected chi connectivity index (χ3v) is 3.73. The number of rotatable bonds is 5. The van der Waals surface area contributed by atoms with E-state index in [1.807, 2.05) is 44.2 Å². The second kappa shape index (κ2) is 5.03. The molecule has 1 fully saturated rings. The van der Waals surface area contributed by atoms with Crippen LogP contribution in [0.5, 0.6) is 0 Å². The molecule has 1 aromatic carbocycles. The minimum atomic E-state index is -0.913. The minimum Gasteiger partial charge on any atom is -0.481 e. The second-order valence-corrected chi connectivity index (χ2v) is 5.82. The van der Waals surface area contributed by atoms with E-state index in [0.29, 0.717) is 0 Å². The first-order valence-electron chi connectivity index (χ1n) is 6.47. The molecule has 1 aliphatic rings. The zero-order valence-electron chi connectivity index (χ0n) is 11.2. The average molecular weight is 261 g/mol. The molecule has 0 spiro atoms. The van der Waals surface area contributed by atoms with E-state index in [-0.39, 0.29) is 23.7 Å². The number of nitrogens with one attached hydrogen (secondary N) is 1. The molecule has 0 radical (unpaired) electrons. The SMILES string of the molecule is CC1(C)C[C@@H]1C(=O)NC(CC(=O)O)c1ccccc1. The number of benzene rings is 1. The van der Waals surface area contributed by atoms with E-state index >= 15 is 0 Å². The first-order valence-corrected chi connectivity index (χ1v) is 6.47. The van der Waals surface area contributed by atoms with Crippen molar-refractivity contribution in [2.24, 2.45) is 11.3 Å². The van der Waals surface area contributed by atoms with Crippen LogP contribution in [0, 0.1) is 11.3 Å². The highest BCUT2D eigenvalue weighted by atomic mass is 16.4. The summed E-state index contributed by atoms with van der Waals surface area (Å²) in [6.07, 6.45) is 0.774. The molecule has 2 rings (SSSR count). The van der Waals surface area contributed by atoms with Gasteiger partial charge in [0, 0.05) is 5.92 Å². The summed E-state index contributed by atoms with van der Waals surface area (Å²) >= 11 is 0. The van der Waals surface area contributed by atoms with Crippen LogP contribution in [-0.2, 0) is 9.59 Å². The molecule has 0 aromatic heterocycles. The molecular formula is C15H19NO3. The number of amides is 1. The quantitative estimate of drug-likeness (QED) is 0.855. The zero-order chi connectivity index (χ0) is 14.0. The average Bonchev–Trinajstić information content (AvgIpc) is 2.98. The van der Waals surface area contributed by atoms with Gasteiger partial charge in [0.05, 0.1) is 12.5 Å². The van der Waals surface area contributed by atoms with E-state index in [0.717, 1.165) is 12.0 Å². The van der Waals surface area contributed by atoms with Crippen LogP contribution >= 0.6 is 0 Å². The highest BCUT2D eigenvalue weighted by Gasteiger charge is 2.50. The van der Waals surface area contributed by atoms with Crippen LogP contribution in [0.1, 0.15) is 38.3 Å². The van der Waals surface area contributed by atoms with Crippen molar-refractivity contribution in [1.29, 1.82) is 0 Å². The summed E-state index contributed by atoms with van der Waals surface area (Å²) in [5, 5.41) is 11.8. The van der Waals surface area contributed by atoms with Crippen LogP contribution in [0.4, 0.5) is 0 Å². The van der Waals surface area contributed by atoms with Gasteiger partial charge in [-0.2, -0.15) is 0 Å². The van der Waals surface area contributed by atoms with Crippen LogP contribution < -0.4 is 5.32 Å². The van der Waals surface area contributed by atoms with E-state index in [1.54, 1.807) is 0 Å². The Hall–Kier alpha value is -1.84. The summed E-state index contributed by atoms with van der Waals surface area (Å²) in [7, 11) is 0. The fourth-order valence-electron chi connectivity index (χ4n) is 2.30. The standard InChI is InChI=1S/C15H19NO3/c1-15(2)9-11(15)14(19)16-12(8-13(17)18)10-6-4-3-5-7-10/h3-7,11-12H,8-9H2,1-2H3,(H,16,19)(H,17,18)/t11-,12?/m1/s1. The molecule has 19 heavy (non-hydrogen) atoms. The Kier molecular flexibility index (Phi) is 3.60. The van der Waals surface area contributed by atoms with E-state index in [4.69, 9.17) is 5.11 Å². The van der Waals surface area contributed by atoms with Crippen LogP contribution in [0.15, 0.2) is 30.3 Å². The van der Waals surface area contributed by atoms with E-state index in [1.165, 1.54) is 0 Å². The van der Waals surface area contributed by atoms with Crippen LogP contribution in [0.2, 0.25) is 0 Å². The van der Waals surface area contributed by atoms with Gasteiger partial charge in [0.2, 0.25) is 5.91 Å². The Morgan fingerprint density at radius 3 is 2.42 bits per heavy atom. The van der Waals surface area contributed by atoms with Crippen molar-refractivity contribution >= 4 is 11.9 Å². The van der Waals surface area contributed by atoms with Crippen molar-refractivity contribution in [3.05, 3.63) is 35.9 Å². The number of carbonyl (C=O) groups is 2. The lowest BCUT2D eigenvalue weighted by Crippen LogP contribution is -2.32. The first-order chi connectivity index (χ1) is 8.90. The maximum atomic E-state index is 12.1. The molecular weight excluding hydrogens is 242 g/mol. The van der Waals surface area contributed by atoms with Gasteiger partial charge in [-0.25, -0.2) is 0 Å². The Morgan fingerprint density at radius 2 is 1.95 bits per heavy atom. The Bertz CT molecular complexity index is 481. The Morgan fingerprint density at radius 1 is 1.37 bits per heavy atom. The summed E-state index contributed by atoms with van der Waals surface area (Å²) in [4.78, 5) is 23.0. The smallest absolute Gasteiger partial charge is 0.305 e. The highest BCUT2D eigenvalue weighted by molar-refractivity contribution is 5.83. The molecule has 4 heteroatoms. The minimum absolute atomic E-state index is 0.00695. The predicted molar refractivity (Wildman–Crippen MR) is 71.5 cm³/mol. The van der Waals surface area contributed by atoms with Crippen molar-refractivity contribution in [3.63, 3.8) is 0 Å². The molecule has 102 valence electrons. The molecule has 0 heterocycles. The molecule has 0 bridgehead atoms. The van der Waals surface area contributed by atoms with Crippen molar-refractivity contribution < 1.29 is 14.7 Å². The lowest BCUT2D eigenvalue weighted by Gasteiger charge is -2.18. The Labute approximate surface area is 112 Å². The summed E-state index contributed by atoms with van der Waals surface area (Å²) in [5.74, 6) is -0.947. The second-order valence-electron chi connectivity index (χ2n) is 5.82. The molecule has 2 N–H and O–H groups in total. The van der Waals surface area contributed by atoms with Gasteiger partial charge in [0.25, 0.3) is 0 Å². The number of carbonyl (C=O) groups excluding carboxylic acids is 1. The fourth-order valence-corrected chi connectivity index (χ4v) is 2.30. The molecule has 0 aliphatic heterocycles. The molecule has 4 nitrogen and oxygen atoms in total. The van der Waals surface area contributed by atoms with Crippen molar-refractivity contribution in [3.8, 4) is 0 Å². The van der Waals surface area contributed by atoms with Gasteiger partial charge in [-0.3, -0.25) is 9.59 Å². The van der Waals surface area contributed by atoms with Gasteiger partial charge < -0.3 is 10.4 Å². The van der Waals surface area contributed by atoms with E-state index in [2.05, 4.69) is 5.32 Å². The Balaban J connectivity index is 2.07. The van der Waals surface area contributed by atoms with Crippen LogP contribution in [0.3, 0.4) is 0 Å². The zero-order valence-corrected chi connectivity index (χ0v) is 11.2. The summed E-state index contributed by atoms with van der Waals surface area (Å²) in [5.41, 5.74) is 0.880. The molecule has 1 aromatic rings. The first kappa shape index (κ1) is 13.6. The van der Waals surface area contributed by atoms with Crippen molar-refractivity contribution in [1.82, 2.24) is 5.32 Å². The molecule has 1 unspecified atom stereocenters. The number of hydrogen-bond acceptors (Lipinski definition) is 2. The van der Waals surface area contributed by atoms with Gasteiger partial charge in [-0.1, -0.05) is 44.2 Å². The van der Waals surface area contributed by atoms with Gasteiger partial charge in [0.1, 0.15) is 0 Å². The number of carboxylic acid groups (broad SMARTS) is 1. The summed E-state index contributed by atoms with van der Waals surface area (Å²) < 4.78 is 0. The maximum absolute atomic E-state index is 12.1.